The van der Waals surface area contributed by atoms with E-state index >= 15 is 0 Å². The van der Waals surface area contributed by atoms with Gasteiger partial charge in [0.25, 0.3) is 0 Å². The minimum atomic E-state index is -0.321. The molecule has 2 N–H and O–H groups in total. The average Bonchev–Trinajstić information content (AvgIpc) is 2.83. The fourth-order valence-corrected chi connectivity index (χ4v) is 3.43. The topological polar surface area (TPSA) is 40.5 Å². The summed E-state index contributed by atoms with van der Waals surface area (Å²) in [7, 11) is 0. The van der Waals surface area contributed by atoms with Gasteiger partial charge in [-0.15, -0.1) is 0 Å². The van der Waals surface area contributed by atoms with Crippen LogP contribution in [0.25, 0.3) is 0 Å². The zero-order valence-corrected chi connectivity index (χ0v) is 11.4. The van der Waals surface area contributed by atoms with E-state index in [1.165, 1.54) is 12.8 Å². The molecule has 4 atom stereocenters. The summed E-state index contributed by atoms with van der Waals surface area (Å²) in [5.74, 6) is 0.548. The normalized spacial score (nSPS) is 36.4. The van der Waals surface area contributed by atoms with Gasteiger partial charge < -0.3 is 10.2 Å². The molecule has 0 bridgehead atoms. The number of aliphatic hydroxyl groups excluding tert-OH is 2. The Morgan fingerprint density at radius 1 is 1.44 bits per heavy atom. The smallest absolute Gasteiger partial charge is 0.0721 e. The van der Waals surface area contributed by atoms with Crippen LogP contribution < -0.4 is 0 Å². The molecule has 0 aliphatic heterocycles. The summed E-state index contributed by atoms with van der Waals surface area (Å²) < 4.78 is 0. The second-order valence-corrected chi connectivity index (χ2v) is 5.96. The number of unbranched alkanes of at least 4 members (excludes halogenated alkanes) is 2. The first kappa shape index (κ1) is 13.8. The van der Waals surface area contributed by atoms with Gasteiger partial charge in [0.1, 0.15) is 0 Å². The van der Waals surface area contributed by atoms with E-state index in [9.17, 15) is 10.2 Å². The lowest BCUT2D eigenvalue weighted by Crippen LogP contribution is -2.17. The Bertz CT molecular complexity index is 321. The van der Waals surface area contributed by atoms with Crippen molar-refractivity contribution in [3.63, 3.8) is 0 Å². The Morgan fingerprint density at radius 3 is 3.06 bits per heavy atom. The average molecular weight is 250 g/mol. The van der Waals surface area contributed by atoms with Gasteiger partial charge in [-0.3, -0.25) is 0 Å². The number of rotatable bonds is 6. The van der Waals surface area contributed by atoms with Crippen LogP contribution in [0.2, 0.25) is 0 Å². The van der Waals surface area contributed by atoms with E-state index in [4.69, 9.17) is 0 Å². The second kappa shape index (κ2) is 6.03. The number of hydrogen-bond donors (Lipinski definition) is 2. The largest absolute Gasteiger partial charge is 0.393 e. The first-order valence-electron chi connectivity index (χ1n) is 7.39. The van der Waals surface area contributed by atoms with Crippen LogP contribution in [0.4, 0.5) is 0 Å². The molecule has 2 aliphatic carbocycles. The molecule has 1 fully saturated rings. The van der Waals surface area contributed by atoms with Gasteiger partial charge in [-0.05, 0) is 31.6 Å². The summed E-state index contributed by atoms with van der Waals surface area (Å²) in [4.78, 5) is 0. The van der Waals surface area contributed by atoms with Crippen molar-refractivity contribution in [3.8, 4) is 0 Å². The number of allylic oxidation sites excluding steroid dienone is 3. The maximum absolute atomic E-state index is 9.95. The molecule has 2 rings (SSSR count). The molecule has 1 saturated carbocycles. The van der Waals surface area contributed by atoms with Crippen LogP contribution in [0.1, 0.15) is 51.9 Å². The van der Waals surface area contributed by atoms with Gasteiger partial charge in [0.2, 0.25) is 0 Å². The van der Waals surface area contributed by atoms with Crippen LogP contribution in [-0.4, -0.2) is 22.4 Å². The van der Waals surface area contributed by atoms with Crippen LogP contribution in [0, 0.1) is 11.3 Å². The number of aliphatic hydroxyl groups is 2. The van der Waals surface area contributed by atoms with E-state index in [-0.39, 0.29) is 17.6 Å². The zero-order valence-electron chi connectivity index (χ0n) is 11.4. The van der Waals surface area contributed by atoms with Crippen molar-refractivity contribution < 1.29 is 10.2 Å². The number of hydrogen-bond acceptors (Lipinski definition) is 2. The van der Waals surface area contributed by atoms with Gasteiger partial charge in [0, 0.05) is 5.41 Å². The SMILES string of the molecule is CCCCC[C@@H](O)/C=C\C12C=CCC1CC(O)C2. The molecule has 2 heteroatoms. The summed E-state index contributed by atoms with van der Waals surface area (Å²) in [6.07, 6.45) is 15.2. The highest BCUT2D eigenvalue weighted by molar-refractivity contribution is 5.24. The van der Waals surface area contributed by atoms with E-state index in [0.29, 0.717) is 5.92 Å². The summed E-state index contributed by atoms with van der Waals surface area (Å²) in [6, 6.07) is 0. The molecule has 0 aromatic heterocycles. The lowest BCUT2D eigenvalue weighted by Gasteiger charge is -2.24. The fraction of sp³-hybridized carbons (Fsp3) is 0.750. The third kappa shape index (κ3) is 3.04. The molecular formula is C16H26O2. The van der Waals surface area contributed by atoms with E-state index in [1.54, 1.807) is 0 Å². The lowest BCUT2D eigenvalue weighted by atomic mass is 9.80. The van der Waals surface area contributed by atoms with Crippen molar-refractivity contribution in [2.24, 2.45) is 11.3 Å². The molecule has 0 radical (unpaired) electrons. The standard InChI is InChI=1S/C16H26O2/c1-2-3-4-7-14(17)8-10-16-9-5-6-13(16)11-15(18)12-16/h5,8-10,13-15,17-18H,2-4,6-7,11-12H2,1H3/b10-8-/t13?,14-,15?,16?/m1/s1. The van der Waals surface area contributed by atoms with Crippen LogP contribution in [0.15, 0.2) is 24.3 Å². The van der Waals surface area contributed by atoms with Crippen molar-refractivity contribution in [2.75, 3.05) is 0 Å². The van der Waals surface area contributed by atoms with Crippen molar-refractivity contribution in [2.45, 2.75) is 64.1 Å². The van der Waals surface area contributed by atoms with Crippen molar-refractivity contribution in [1.82, 2.24) is 0 Å². The first-order chi connectivity index (χ1) is 8.66. The Morgan fingerprint density at radius 2 is 2.28 bits per heavy atom. The highest BCUT2D eigenvalue weighted by atomic mass is 16.3. The first-order valence-corrected chi connectivity index (χ1v) is 7.39. The fourth-order valence-electron chi connectivity index (χ4n) is 3.43. The Labute approximate surface area is 110 Å². The van der Waals surface area contributed by atoms with E-state index in [1.807, 2.05) is 6.08 Å². The minimum Gasteiger partial charge on any atom is -0.393 e. The number of fused-ring (bicyclic) bond motifs is 1. The summed E-state index contributed by atoms with van der Waals surface area (Å²) in [5.41, 5.74) is 0.0329. The van der Waals surface area contributed by atoms with Crippen LogP contribution in [0.3, 0.4) is 0 Å². The predicted molar refractivity (Wildman–Crippen MR) is 74.2 cm³/mol. The van der Waals surface area contributed by atoms with Crippen molar-refractivity contribution in [1.29, 1.82) is 0 Å². The van der Waals surface area contributed by atoms with Gasteiger partial charge in [-0.1, -0.05) is 50.5 Å². The van der Waals surface area contributed by atoms with Crippen molar-refractivity contribution in [3.05, 3.63) is 24.3 Å². The van der Waals surface area contributed by atoms with Gasteiger partial charge in [0.15, 0.2) is 0 Å². The third-order valence-electron chi connectivity index (χ3n) is 4.49. The van der Waals surface area contributed by atoms with Crippen molar-refractivity contribution >= 4 is 0 Å². The van der Waals surface area contributed by atoms with Gasteiger partial charge in [-0.25, -0.2) is 0 Å². The Kier molecular flexibility index (Phi) is 4.63. The highest BCUT2D eigenvalue weighted by Crippen LogP contribution is 2.51. The summed E-state index contributed by atoms with van der Waals surface area (Å²) in [5, 5.41) is 19.8. The maximum atomic E-state index is 9.95. The third-order valence-corrected chi connectivity index (χ3v) is 4.49. The monoisotopic (exact) mass is 250 g/mol. The molecule has 3 unspecified atom stereocenters. The molecule has 0 aromatic carbocycles. The summed E-state index contributed by atoms with van der Waals surface area (Å²) in [6.45, 7) is 2.18. The van der Waals surface area contributed by atoms with Gasteiger partial charge >= 0.3 is 0 Å². The molecule has 2 aliphatic rings. The Balaban J connectivity index is 1.89. The molecule has 2 nitrogen and oxygen atoms in total. The molecule has 0 spiro atoms. The lowest BCUT2D eigenvalue weighted by molar-refractivity contribution is 0.173. The molecule has 0 heterocycles. The molecule has 18 heavy (non-hydrogen) atoms. The Hall–Kier alpha value is -0.600. The van der Waals surface area contributed by atoms with E-state index in [0.717, 1.165) is 32.1 Å². The molecular weight excluding hydrogens is 224 g/mol. The molecule has 0 amide bonds. The van der Waals surface area contributed by atoms with Crippen LogP contribution in [0.5, 0.6) is 0 Å². The van der Waals surface area contributed by atoms with Crippen LogP contribution >= 0.6 is 0 Å². The second-order valence-electron chi connectivity index (χ2n) is 5.96. The molecule has 102 valence electrons. The highest BCUT2D eigenvalue weighted by Gasteiger charge is 2.45. The van der Waals surface area contributed by atoms with Gasteiger partial charge in [0.05, 0.1) is 12.2 Å². The minimum absolute atomic E-state index is 0.0329. The van der Waals surface area contributed by atoms with E-state index < -0.39 is 0 Å². The predicted octanol–water partition coefficient (Wildman–Crippen LogP) is 3.20. The van der Waals surface area contributed by atoms with Gasteiger partial charge in [-0.2, -0.15) is 0 Å². The van der Waals surface area contributed by atoms with Crippen LogP contribution in [-0.2, 0) is 0 Å². The summed E-state index contributed by atoms with van der Waals surface area (Å²) >= 11 is 0. The van der Waals surface area contributed by atoms with E-state index in [2.05, 4.69) is 25.2 Å². The zero-order chi connectivity index (χ0) is 13.0. The quantitative estimate of drug-likeness (QED) is 0.561. The molecule has 0 aromatic rings. The molecule has 0 saturated heterocycles. The maximum Gasteiger partial charge on any atom is 0.0721 e.